The number of carboxylic acid groups (broad SMARTS) is 1. The number of aryl methyl sites for hydroxylation is 1. The number of nitrogens with zero attached hydrogens (tertiary/aromatic N) is 6. The number of carbonyl (C=O) groups excluding carboxylic acids is 1. The Morgan fingerprint density at radius 2 is 2.06 bits per heavy atom. The quantitative estimate of drug-likeness (QED) is 0.590. The molecule has 0 spiro atoms. The predicted molar refractivity (Wildman–Crippen MR) is 119 cm³/mol. The van der Waals surface area contributed by atoms with E-state index in [0.717, 1.165) is 29.1 Å². The van der Waals surface area contributed by atoms with Crippen LogP contribution in [0, 0.1) is 6.92 Å². The van der Waals surface area contributed by atoms with Crippen molar-refractivity contribution in [3.63, 3.8) is 0 Å². The van der Waals surface area contributed by atoms with Gasteiger partial charge in [0.25, 0.3) is 0 Å². The second-order valence-electron chi connectivity index (χ2n) is 8.28. The van der Waals surface area contributed by atoms with E-state index in [1.165, 1.54) is 0 Å². The van der Waals surface area contributed by atoms with Crippen molar-refractivity contribution in [1.29, 1.82) is 0 Å². The third-order valence-corrected chi connectivity index (χ3v) is 5.92. The molecule has 2 amide bonds. The van der Waals surface area contributed by atoms with Gasteiger partial charge in [-0.25, -0.2) is 19.7 Å². The average Bonchev–Trinajstić information content (AvgIpc) is 3.59. The minimum absolute atomic E-state index is 0.0631. The molecule has 4 heterocycles. The number of hydrogen-bond donors (Lipinski definition) is 1. The molecule has 1 saturated heterocycles. The fourth-order valence-electron chi connectivity index (χ4n) is 4.32. The molecule has 3 aromatic rings. The largest absolute Gasteiger partial charge is 0.465 e. The zero-order valence-electron chi connectivity index (χ0n) is 18.6. The van der Waals surface area contributed by atoms with E-state index in [2.05, 4.69) is 15.0 Å². The van der Waals surface area contributed by atoms with E-state index >= 15 is 0 Å². The minimum atomic E-state index is -1.16. The molecule has 2 aromatic heterocycles. The molecule has 1 N–H and O–H groups in total. The number of imidazole rings is 1. The Kier molecular flexibility index (Phi) is 5.74. The zero-order chi connectivity index (χ0) is 23.7. The first-order valence-electron chi connectivity index (χ1n) is 11.0. The Balaban J connectivity index is 1.32. The third-order valence-electron chi connectivity index (χ3n) is 5.92. The van der Waals surface area contributed by atoms with Crippen molar-refractivity contribution in [3.8, 4) is 17.4 Å². The van der Waals surface area contributed by atoms with E-state index in [4.69, 9.17) is 9.47 Å². The number of hydrogen-bond acceptors (Lipinski definition) is 7. The molecule has 1 fully saturated rings. The average molecular weight is 464 g/mol. The van der Waals surface area contributed by atoms with Crippen molar-refractivity contribution in [2.45, 2.75) is 32.4 Å². The lowest BCUT2D eigenvalue weighted by molar-refractivity contribution is -0.133. The van der Waals surface area contributed by atoms with Gasteiger partial charge >= 0.3 is 6.09 Å². The zero-order valence-corrected chi connectivity index (χ0v) is 18.6. The molecule has 1 atom stereocenters. The number of fused-ring (bicyclic) bond motifs is 1. The standard InChI is InChI=1S/C23H24N6O5/c1-15-9-17(26-22(25-15)27-8-6-24-13-27)18-3-2-7-29(18)21(30)12-28(23(31)32)11-16-4-5-19-20(10-16)34-14-33-19/h4-6,8-10,13,18H,2-3,7,11-12,14H2,1H3,(H,31,32). The number of benzene rings is 1. The van der Waals surface area contributed by atoms with Crippen LogP contribution in [0.3, 0.4) is 0 Å². The third kappa shape index (κ3) is 4.36. The lowest BCUT2D eigenvalue weighted by Gasteiger charge is -2.27. The van der Waals surface area contributed by atoms with Crippen LogP contribution in [-0.2, 0) is 11.3 Å². The van der Waals surface area contributed by atoms with Gasteiger partial charge in [0, 0.05) is 31.2 Å². The van der Waals surface area contributed by atoms with Crippen LogP contribution >= 0.6 is 0 Å². The minimum Gasteiger partial charge on any atom is -0.465 e. The van der Waals surface area contributed by atoms with Gasteiger partial charge in [0.2, 0.25) is 18.6 Å². The molecule has 34 heavy (non-hydrogen) atoms. The molecule has 11 nitrogen and oxygen atoms in total. The summed E-state index contributed by atoms with van der Waals surface area (Å²) in [6, 6.07) is 6.89. The van der Waals surface area contributed by atoms with Crippen LogP contribution in [0.1, 0.15) is 35.8 Å². The van der Waals surface area contributed by atoms with Gasteiger partial charge in [-0.05, 0) is 43.5 Å². The summed E-state index contributed by atoms with van der Waals surface area (Å²) in [5.41, 5.74) is 2.23. The summed E-state index contributed by atoms with van der Waals surface area (Å²) in [4.78, 5) is 41.2. The Hall–Kier alpha value is -4.15. The van der Waals surface area contributed by atoms with Crippen molar-refractivity contribution in [2.24, 2.45) is 0 Å². The highest BCUT2D eigenvalue weighted by Gasteiger charge is 2.33. The second kappa shape index (κ2) is 9.00. The maximum atomic E-state index is 13.2. The smallest absolute Gasteiger partial charge is 0.408 e. The van der Waals surface area contributed by atoms with E-state index in [9.17, 15) is 14.7 Å². The summed E-state index contributed by atoms with van der Waals surface area (Å²) < 4.78 is 12.4. The highest BCUT2D eigenvalue weighted by Crippen LogP contribution is 2.34. The number of carbonyl (C=O) groups is 2. The van der Waals surface area contributed by atoms with Crippen molar-refractivity contribution >= 4 is 12.0 Å². The van der Waals surface area contributed by atoms with Crippen molar-refractivity contribution in [3.05, 3.63) is 59.9 Å². The van der Waals surface area contributed by atoms with Gasteiger partial charge in [0.1, 0.15) is 12.9 Å². The van der Waals surface area contributed by atoms with E-state index < -0.39 is 6.09 Å². The Labute approximate surface area is 195 Å². The fraction of sp³-hybridized carbons (Fsp3) is 0.348. The molecular formula is C23H24N6O5. The molecule has 11 heteroatoms. The molecule has 0 aliphatic carbocycles. The molecule has 2 aliphatic rings. The molecule has 0 bridgehead atoms. The predicted octanol–water partition coefficient (Wildman–Crippen LogP) is 2.54. The normalized spacial score (nSPS) is 16.6. The highest BCUT2D eigenvalue weighted by molar-refractivity contribution is 5.82. The molecule has 176 valence electrons. The van der Waals surface area contributed by atoms with Gasteiger partial charge in [-0.2, -0.15) is 0 Å². The van der Waals surface area contributed by atoms with Crippen molar-refractivity contribution < 1.29 is 24.2 Å². The molecular weight excluding hydrogens is 440 g/mol. The summed E-state index contributed by atoms with van der Waals surface area (Å²) in [6.07, 6.45) is 5.43. The van der Waals surface area contributed by atoms with Crippen LogP contribution in [0.2, 0.25) is 0 Å². The van der Waals surface area contributed by atoms with E-state index in [-0.39, 0.29) is 31.8 Å². The lowest BCUT2D eigenvalue weighted by Crippen LogP contribution is -2.42. The van der Waals surface area contributed by atoms with Gasteiger partial charge in [0.15, 0.2) is 11.5 Å². The van der Waals surface area contributed by atoms with Gasteiger partial charge in [-0.1, -0.05) is 6.07 Å². The Bertz CT molecular complexity index is 1210. The number of ether oxygens (including phenoxy) is 2. The van der Waals surface area contributed by atoms with Crippen LogP contribution in [0.4, 0.5) is 4.79 Å². The number of aromatic nitrogens is 4. The van der Waals surface area contributed by atoms with E-state index in [0.29, 0.717) is 29.6 Å². The summed E-state index contributed by atoms with van der Waals surface area (Å²) in [5.74, 6) is 1.42. The molecule has 1 unspecified atom stereocenters. The number of likely N-dealkylation sites (tertiary alicyclic amines) is 1. The van der Waals surface area contributed by atoms with Crippen LogP contribution in [-0.4, -0.2) is 66.3 Å². The van der Waals surface area contributed by atoms with Crippen LogP contribution in [0.25, 0.3) is 5.95 Å². The topological polar surface area (TPSA) is 123 Å². The van der Waals surface area contributed by atoms with Crippen LogP contribution in [0.15, 0.2) is 43.0 Å². The number of rotatable bonds is 6. The lowest BCUT2D eigenvalue weighted by atomic mass is 10.1. The summed E-state index contributed by atoms with van der Waals surface area (Å²) >= 11 is 0. The summed E-state index contributed by atoms with van der Waals surface area (Å²) in [6.45, 7) is 2.38. The van der Waals surface area contributed by atoms with Crippen molar-refractivity contribution in [1.82, 2.24) is 29.3 Å². The summed E-state index contributed by atoms with van der Waals surface area (Å²) in [7, 11) is 0. The van der Waals surface area contributed by atoms with Crippen molar-refractivity contribution in [2.75, 3.05) is 19.9 Å². The monoisotopic (exact) mass is 464 g/mol. The molecule has 0 saturated carbocycles. The maximum absolute atomic E-state index is 13.2. The van der Waals surface area contributed by atoms with Gasteiger partial charge in [-0.3, -0.25) is 14.3 Å². The van der Waals surface area contributed by atoms with Crippen LogP contribution < -0.4 is 9.47 Å². The Morgan fingerprint density at radius 1 is 1.21 bits per heavy atom. The number of amides is 2. The molecule has 5 rings (SSSR count). The van der Waals surface area contributed by atoms with Gasteiger partial charge < -0.3 is 19.5 Å². The van der Waals surface area contributed by atoms with Crippen LogP contribution in [0.5, 0.6) is 11.5 Å². The molecule has 2 aliphatic heterocycles. The second-order valence-corrected chi connectivity index (χ2v) is 8.28. The van der Waals surface area contributed by atoms with Gasteiger partial charge in [0.05, 0.1) is 11.7 Å². The van der Waals surface area contributed by atoms with Gasteiger partial charge in [-0.15, -0.1) is 0 Å². The molecule has 1 aromatic carbocycles. The Morgan fingerprint density at radius 3 is 2.85 bits per heavy atom. The fourth-order valence-corrected chi connectivity index (χ4v) is 4.32. The van der Waals surface area contributed by atoms with E-state index in [1.807, 2.05) is 13.0 Å². The molecule has 0 radical (unpaired) electrons. The first-order chi connectivity index (χ1) is 16.5. The SMILES string of the molecule is Cc1cc(C2CCCN2C(=O)CN(Cc2ccc3c(c2)OCO3)C(=O)O)nc(-n2ccnc2)n1. The first-order valence-corrected chi connectivity index (χ1v) is 11.0. The maximum Gasteiger partial charge on any atom is 0.408 e. The highest BCUT2D eigenvalue weighted by atomic mass is 16.7. The first kappa shape index (κ1) is 21.7. The van der Waals surface area contributed by atoms with E-state index in [1.54, 1.807) is 46.4 Å². The summed E-state index contributed by atoms with van der Waals surface area (Å²) in [5, 5.41) is 9.75.